The maximum Gasteiger partial charge on any atom is 0.264 e. The van der Waals surface area contributed by atoms with E-state index in [1.165, 1.54) is 116 Å². The number of nitrogens with zero attached hydrogens (tertiary/aromatic N) is 3. The number of hydrogen-bond acceptors (Lipinski definition) is 4. The highest BCUT2D eigenvalue weighted by molar-refractivity contribution is 7.29. The summed E-state index contributed by atoms with van der Waals surface area (Å²) in [5.41, 5.74) is 20.6. The van der Waals surface area contributed by atoms with Crippen molar-refractivity contribution in [2.75, 3.05) is 14.7 Å². The molecule has 2 unspecified atom stereocenters. The van der Waals surface area contributed by atoms with Crippen LogP contribution in [-0.2, 0) is 21.7 Å². The summed E-state index contributed by atoms with van der Waals surface area (Å²) in [6.45, 7) is 26.8. The molecule has 61 heavy (non-hydrogen) atoms. The normalized spacial score (nSPS) is 22.9. The van der Waals surface area contributed by atoms with Gasteiger partial charge in [-0.3, -0.25) is 0 Å². The van der Waals surface area contributed by atoms with Gasteiger partial charge in [-0.15, -0.1) is 0 Å². The average molecular weight is 820 g/mol. The predicted molar refractivity (Wildman–Crippen MR) is 265 cm³/mol. The first-order valence-corrected chi connectivity index (χ1v) is 23.9. The molecule has 5 aromatic carbocycles. The number of anilines is 8. The minimum absolute atomic E-state index is 0.00735. The van der Waals surface area contributed by atoms with Crippen LogP contribution >= 0.6 is 11.3 Å². The Morgan fingerprint density at radius 2 is 1.25 bits per heavy atom. The minimum Gasteiger partial charge on any atom is -0.334 e. The van der Waals surface area contributed by atoms with Crippen LogP contribution in [-0.4, -0.2) is 12.3 Å². The van der Waals surface area contributed by atoms with Crippen molar-refractivity contribution in [3.05, 3.63) is 136 Å². The van der Waals surface area contributed by atoms with Gasteiger partial charge in [0.25, 0.3) is 6.71 Å². The lowest BCUT2D eigenvalue weighted by atomic mass is 9.36. The Balaban J connectivity index is 1.26. The third-order valence-corrected chi connectivity index (χ3v) is 17.6. The molecule has 3 nitrogen and oxygen atoms in total. The van der Waals surface area contributed by atoms with Crippen molar-refractivity contribution in [3.63, 3.8) is 0 Å². The molecule has 5 heteroatoms. The zero-order valence-electron chi connectivity index (χ0n) is 38.4. The third kappa shape index (κ3) is 5.41. The molecule has 6 aromatic rings. The molecule has 1 fully saturated rings. The van der Waals surface area contributed by atoms with Crippen molar-refractivity contribution in [2.24, 2.45) is 0 Å². The molecule has 0 amide bonds. The lowest BCUT2D eigenvalue weighted by Crippen LogP contribution is -2.60. The number of aryl methyl sites for hydroxylation is 2. The lowest BCUT2D eigenvalue weighted by Gasteiger charge is -2.46. The van der Waals surface area contributed by atoms with Crippen LogP contribution < -0.4 is 30.4 Å². The van der Waals surface area contributed by atoms with Gasteiger partial charge in [0.15, 0.2) is 0 Å². The lowest BCUT2D eigenvalue weighted by molar-refractivity contribution is 0.261. The molecule has 0 radical (unpaired) electrons. The Labute approximate surface area is 369 Å². The highest BCUT2D eigenvalue weighted by atomic mass is 32.1. The largest absolute Gasteiger partial charge is 0.334 e. The van der Waals surface area contributed by atoms with E-state index in [4.69, 9.17) is 0 Å². The molecule has 0 saturated heterocycles. The second kappa shape index (κ2) is 12.9. The molecule has 1 aromatic heterocycles. The van der Waals surface area contributed by atoms with E-state index in [1.54, 1.807) is 10.4 Å². The van der Waals surface area contributed by atoms with Gasteiger partial charge < -0.3 is 14.7 Å². The molecule has 310 valence electrons. The van der Waals surface area contributed by atoms with Crippen molar-refractivity contribution in [2.45, 2.75) is 142 Å². The van der Waals surface area contributed by atoms with Crippen LogP contribution in [0, 0.1) is 13.8 Å². The molecule has 5 aliphatic rings. The monoisotopic (exact) mass is 819 g/mol. The van der Waals surface area contributed by atoms with Gasteiger partial charge in [0.1, 0.15) is 0 Å². The number of para-hydroxylation sites is 1. The van der Waals surface area contributed by atoms with Crippen LogP contribution in [0.15, 0.2) is 103 Å². The molecule has 2 atom stereocenters. The zero-order valence-corrected chi connectivity index (χ0v) is 39.2. The van der Waals surface area contributed by atoms with Crippen LogP contribution in [0.2, 0.25) is 0 Å². The fraction of sp³-hybridized carbons (Fsp3) is 0.393. The van der Waals surface area contributed by atoms with E-state index in [-0.39, 0.29) is 33.9 Å². The molecule has 4 heterocycles. The number of rotatable bonds is 3. The van der Waals surface area contributed by atoms with Crippen molar-refractivity contribution in [1.82, 2.24) is 0 Å². The SMILES string of the molecule is Cc1ccc(N2c3cc4c(cc3B3c5sc6c(c5N(c5ccc(C(C)(C)C)cc5)c5cc(C)cc2c53)C(C)(C)CC6(C)C)N(c2ccccc2)C2(C)CCCCCC42C)cc1. The summed E-state index contributed by atoms with van der Waals surface area (Å²) in [5, 5.41) is 0. The van der Waals surface area contributed by atoms with E-state index >= 15 is 0 Å². The summed E-state index contributed by atoms with van der Waals surface area (Å²) in [6, 6.07) is 40.6. The quantitative estimate of drug-likeness (QED) is 0.164. The van der Waals surface area contributed by atoms with Gasteiger partial charge in [0, 0.05) is 60.3 Å². The molecular formula is C56H62BN3S. The second-order valence-electron chi connectivity index (χ2n) is 22.2. The van der Waals surface area contributed by atoms with Crippen LogP contribution in [0.4, 0.5) is 45.5 Å². The fourth-order valence-electron chi connectivity index (χ4n) is 13.1. The Kier molecular flexibility index (Phi) is 8.28. The second-order valence-corrected chi connectivity index (χ2v) is 23.2. The van der Waals surface area contributed by atoms with Crippen molar-refractivity contribution in [1.29, 1.82) is 0 Å². The van der Waals surface area contributed by atoms with Crippen LogP contribution in [0.25, 0.3) is 0 Å². The van der Waals surface area contributed by atoms with Gasteiger partial charge in [-0.2, -0.15) is 11.3 Å². The number of fused-ring (bicyclic) bond motifs is 9. The Hall–Kier alpha value is -4.74. The molecule has 3 aliphatic heterocycles. The fourth-order valence-corrected chi connectivity index (χ4v) is 14.8. The van der Waals surface area contributed by atoms with Crippen LogP contribution in [0.5, 0.6) is 0 Å². The maximum absolute atomic E-state index is 2.79. The Morgan fingerprint density at radius 1 is 0.607 bits per heavy atom. The summed E-state index contributed by atoms with van der Waals surface area (Å²) in [7, 11) is 0. The first kappa shape index (κ1) is 39.1. The summed E-state index contributed by atoms with van der Waals surface area (Å²) < 4.78 is 1.50. The smallest absolute Gasteiger partial charge is 0.264 e. The van der Waals surface area contributed by atoms with Crippen molar-refractivity contribution < 1.29 is 0 Å². The summed E-state index contributed by atoms with van der Waals surface area (Å²) in [4.78, 5) is 9.72. The molecule has 0 bridgehead atoms. The van der Waals surface area contributed by atoms with Gasteiger partial charge >= 0.3 is 0 Å². The number of benzene rings is 5. The minimum atomic E-state index is -0.0493. The predicted octanol–water partition coefficient (Wildman–Crippen LogP) is 13.8. The summed E-state index contributed by atoms with van der Waals surface area (Å²) >= 11 is 2.12. The molecule has 11 rings (SSSR count). The van der Waals surface area contributed by atoms with E-state index in [0.29, 0.717) is 0 Å². The Bertz CT molecular complexity index is 2750. The van der Waals surface area contributed by atoms with Gasteiger partial charge in [0.2, 0.25) is 0 Å². The number of hydrogen-bond donors (Lipinski definition) is 0. The van der Waals surface area contributed by atoms with Gasteiger partial charge in [0.05, 0.1) is 11.2 Å². The van der Waals surface area contributed by atoms with E-state index < -0.39 is 0 Å². The third-order valence-electron chi connectivity index (χ3n) is 16.0. The zero-order chi connectivity index (χ0) is 42.6. The van der Waals surface area contributed by atoms with Crippen molar-refractivity contribution >= 4 is 79.3 Å². The molecule has 0 N–H and O–H groups in total. The van der Waals surface area contributed by atoms with E-state index in [9.17, 15) is 0 Å². The van der Waals surface area contributed by atoms with Gasteiger partial charge in [-0.1, -0.05) is 123 Å². The molecule has 2 aliphatic carbocycles. The number of thiophene rings is 1. The maximum atomic E-state index is 2.79. The summed E-state index contributed by atoms with van der Waals surface area (Å²) in [5.74, 6) is 0. The highest BCUT2D eigenvalue weighted by Crippen LogP contribution is 2.62. The average Bonchev–Trinajstić information content (AvgIpc) is 3.72. The first-order chi connectivity index (χ1) is 28.9. The van der Waals surface area contributed by atoms with Gasteiger partial charge in [-0.05, 0) is 145 Å². The standard InChI is InChI=1S/C56H62BN3S/c1-35-20-24-38(25-21-35)58-44-32-41-43(60(40-18-14-12-15-19-40)56(11)29-17-13-16-28-55(41,56)10)33-42(44)57-48-45(58)30-36(2)31-46(48)59(39-26-22-37(23-27-39)52(3,4)5)49-47-50(61-51(49)57)54(8,9)34-53(47,6)7/h12,14-15,18-27,30-33H,13,16-17,28-29,34H2,1-11H3. The highest BCUT2D eigenvalue weighted by Gasteiger charge is 2.59. The van der Waals surface area contributed by atoms with Gasteiger partial charge in [-0.25, -0.2) is 0 Å². The van der Waals surface area contributed by atoms with Crippen molar-refractivity contribution in [3.8, 4) is 0 Å². The van der Waals surface area contributed by atoms with Crippen LogP contribution in [0.3, 0.4) is 0 Å². The van der Waals surface area contributed by atoms with Crippen LogP contribution in [0.1, 0.15) is 134 Å². The Morgan fingerprint density at radius 3 is 1.93 bits per heavy atom. The molecular weight excluding hydrogens is 758 g/mol. The molecule has 0 spiro atoms. The van der Waals surface area contributed by atoms with E-state index in [0.717, 1.165) is 6.42 Å². The molecule has 1 saturated carbocycles. The first-order valence-electron chi connectivity index (χ1n) is 23.1. The summed E-state index contributed by atoms with van der Waals surface area (Å²) in [6.07, 6.45) is 7.36. The topological polar surface area (TPSA) is 9.72 Å². The van der Waals surface area contributed by atoms with E-state index in [1.807, 2.05) is 0 Å². The van der Waals surface area contributed by atoms with E-state index in [2.05, 4.69) is 205 Å².